The van der Waals surface area contributed by atoms with Gasteiger partial charge in [-0.15, -0.1) is 0 Å². The van der Waals surface area contributed by atoms with Gasteiger partial charge in [-0.25, -0.2) is 0 Å². The van der Waals surface area contributed by atoms with Crippen molar-refractivity contribution in [1.29, 1.82) is 0 Å². The van der Waals surface area contributed by atoms with Gasteiger partial charge in [0.05, 0.1) is 13.2 Å². The van der Waals surface area contributed by atoms with Crippen molar-refractivity contribution in [1.82, 2.24) is 0 Å². The largest absolute Gasteiger partial charge is 0.493 e. The summed E-state index contributed by atoms with van der Waals surface area (Å²) in [5, 5.41) is 3.38. The molecule has 0 aromatic heterocycles. The summed E-state index contributed by atoms with van der Waals surface area (Å²) in [7, 11) is 1.64. The lowest BCUT2D eigenvalue weighted by Crippen LogP contribution is -2.08. The van der Waals surface area contributed by atoms with Crippen LogP contribution in [0.4, 0.5) is 5.69 Å². The molecule has 2 aromatic carbocycles. The average molecular weight is 394 g/mol. The van der Waals surface area contributed by atoms with E-state index in [0.29, 0.717) is 6.54 Å². The van der Waals surface area contributed by atoms with Crippen molar-refractivity contribution in [2.75, 3.05) is 19.2 Å². The Bertz CT molecular complexity index is 733. The molecule has 0 saturated heterocycles. The number of anilines is 1. The lowest BCUT2D eigenvalue weighted by molar-refractivity contribution is 0.174. The minimum Gasteiger partial charge on any atom is -0.493 e. The van der Waals surface area contributed by atoms with E-state index in [1.165, 1.54) is 0 Å². The summed E-state index contributed by atoms with van der Waals surface area (Å²) >= 11 is 3.60. The second-order valence-corrected chi connectivity index (χ2v) is 6.54. The molecule has 1 heterocycles. The Morgan fingerprint density at radius 3 is 2.67 bits per heavy atom. The summed E-state index contributed by atoms with van der Waals surface area (Å²) in [6.45, 7) is 4.89. The third kappa shape index (κ3) is 3.70. The van der Waals surface area contributed by atoms with Gasteiger partial charge < -0.3 is 24.3 Å². The second-order valence-electron chi connectivity index (χ2n) is 5.68. The highest BCUT2D eigenvalue weighted by atomic mass is 79.9. The van der Waals surface area contributed by atoms with Crippen LogP contribution in [0.2, 0.25) is 0 Å². The van der Waals surface area contributed by atoms with Crippen LogP contribution in [-0.2, 0) is 6.54 Å². The van der Waals surface area contributed by atoms with Crippen molar-refractivity contribution >= 4 is 21.6 Å². The van der Waals surface area contributed by atoms with Crippen LogP contribution in [0.15, 0.2) is 34.8 Å². The highest BCUT2D eigenvalue weighted by Gasteiger charge is 2.14. The van der Waals surface area contributed by atoms with Gasteiger partial charge in [0.2, 0.25) is 6.79 Å². The molecule has 128 valence electrons. The van der Waals surface area contributed by atoms with E-state index < -0.39 is 0 Å². The first kappa shape index (κ1) is 16.8. The molecule has 0 bridgehead atoms. The Kier molecular flexibility index (Phi) is 5.04. The van der Waals surface area contributed by atoms with Crippen molar-refractivity contribution in [2.24, 2.45) is 0 Å². The van der Waals surface area contributed by atoms with Crippen molar-refractivity contribution in [3.8, 4) is 23.0 Å². The fourth-order valence-electron chi connectivity index (χ4n) is 2.42. The summed E-state index contributed by atoms with van der Waals surface area (Å²) < 4.78 is 22.9. The standard InChI is InChI=1S/C18H20BrNO4/c1-11(2)24-18-8-14(19)12(6-16(18)21-3)9-20-13-4-5-15-17(7-13)23-10-22-15/h4-8,11,20H,9-10H2,1-3H3. The van der Waals surface area contributed by atoms with Gasteiger partial charge in [0.15, 0.2) is 23.0 Å². The van der Waals surface area contributed by atoms with Gasteiger partial charge >= 0.3 is 0 Å². The van der Waals surface area contributed by atoms with Crippen molar-refractivity contribution < 1.29 is 18.9 Å². The number of hydrogen-bond acceptors (Lipinski definition) is 5. The van der Waals surface area contributed by atoms with Crippen LogP contribution in [0.3, 0.4) is 0 Å². The van der Waals surface area contributed by atoms with E-state index >= 15 is 0 Å². The zero-order valence-corrected chi connectivity index (χ0v) is 15.5. The van der Waals surface area contributed by atoms with Gasteiger partial charge in [0.25, 0.3) is 0 Å². The van der Waals surface area contributed by atoms with E-state index in [1.807, 2.05) is 44.2 Å². The van der Waals surface area contributed by atoms with Gasteiger partial charge in [0.1, 0.15) is 0 Å². The predicted molar refractivity (Wildman–Crippen MR) is 96.3 cm³/mol. The maximum absolute atomic E-state index is 5.78. The first-order valence-corrected chi connectivity index (χ1v) is 8.52. The van der Waals surface area contributed by atoms with Gasteiger partial charge in [0, 0.05) is 22.8 Å². The SMILES string of the molecule is COc1cc(CNc2ccc3c(c2)OCO3)c(Br)cc1OC(C)C. The van der Waals surface area contributed by atoms with Crippen molar-refractivity contribution in [3.05, 3.63) is 40.4 Å². The van der Waals surface area contributed by atoms with Crippen LogP contribution in [-0.4, -0.2) is 20.0 Å². The van der Waals surface area contributed by atoms with Crippen LogP contribution in [0, 0.1) is 0 Å². The first-order chi connectivity index (χ1) is 11.6. The molecular weight excluding hydrogens is 374 g/mol. The summed E-state index contributed by atoms with van der Waals surface area (Å²) in [6.07, 6.45) is 0.0865. The summed E-state index contributed by atoms with van der Waals surface area (Å²) in [6, 6.07) is 9.72. The minimum absolute atomic E-state index is 0.0865. The topological polar surface area (TPSA) is 49.0 Å². The molecular formula is C18H20BrNO4. The number of halogens is 1. The smallest absolute Gasteiger partial charge is 0.231 e. The highest BCUT2D eigenvalue weighted by molar-refractivity contribution is 9.10. The van der Waals surface area contributed by atoms with E-state index in [1.54, 1.807) is 7.11 Å². The Hall–Kier alpha value is -2.08. The average Bonchev–Trinajstić information content (AvgIpc) is 3.01. The number of methoxy groups -OCH3 is 1. The van der Waals surface area contributed by atoms with Crippen LogP contribution >= 0.6 is 15.9 Å². The second kappa shape index (κ2) is 7.21. The maximum Gasteiger partial charge on any atom is 0.231 e. The van der Waals surface area contributed by atoms with E-state index in [9.17, 15) is 0 Å². The molecule has 0 fully saturated rings. The maximum atomic E-state index is 5.78. The molecule has 6 heteroatoms. The summed E-state index contributed by atoms with van der Waals surface area (Å²) in [4.78, 5) is 0. The number of hydrogen-bond donors (Lipinski definition) is 1. The third-order valence-corrected chi connectivity index (χ3v) is 4.29. The molecule has 0 amide bonds. The van der Waals surface area contributed by atoms with Crippen LogP contribution in [0.5, 0.6) is 23.0 Å². The molecule has 1 aliphatic rings. The number of benzene rings is 2. The first-order valence-electron chi connectivity index (χ1n) is 7.73. The molecule has 0 aliphatic carbocycles. The van der Waals surface area contributed by atoms with E-state index in [0.717, 1.165) is 38.7 Å². The van der Waals surface area contributed by atoms with Crippen LogP contribution in [0.1, 0.15) is 19.4 Å². The predicted octanol–water partition coefficient (Wildman–Crippen LogP) is 4.59. The van der Waals surface area contributed by atoms with E-state index in [2.05, 4.69) is 21.2 Å². The van der Waals surface area contributed by atoms with Crippen molar-refractivity contribution in [2.45, 2.75) is 26.5 Å². The Balaban J connectivity index is 1.75. The molecule has 3 rings (SSSR count). The number of nitrogens with one attached hydrogen (secondary N) is 1. The lowest BCUT2D eigenvalue weighted by atomic mass is 10.2. The third-order valence-electron chi connectivity index (χ3n) is 3.55. The molecule has 0 saturated carbocycles. The van der Waals surface area contributed by atoms with E-state index in [-0.39, 0.29) is 12.9 Å². The fraction of sp³-hybridized carbons (Fsp3) is 0.333. The fourth-order valence-corrected chi connectivity index (χ4v) is 2.88. The van der Waals surface area contributed by atoms with Crippen molar-refractivity contribution in [3.63, 3.8) is 0 Å². The van der Waals surface area contributed by atoms with Crippen LogP contribution < -0.4 is 24.3 Å². The summed E-state index contributed by atoms with van der Waals surface area (Å²) in [5.41, 5.74) is 2.04. The zero-order chi connectivity index (χ0) is 17.1. The number of fused-ring (bicyclic) bond motifs is 1. The molecule has 0 radical (unpaired) electrons. The molecule has 24 heavy (non-hydrogen) atoms. The number of rotatable bonds is 6. The molecule has 1 N–H and O–H groups in total. The molecule has 0 unspecified atom stereocenters. The molecule has 5 nitrogen and oxygen atoms in total. The Labute approximate surface area is 150 Å². The Morgan fingerprint density at radius 1 is 1.12 bits per heavy atom. The van der Waals surface area contributed by atoms with Gasteiger partial charge in [-0.1, -0.05) is 15.9 Å². The highest BCUT2D eigenvalue weighted by Crippen LogP contribution is 2.36. The Morgan fingerprint density at radius 2 is 1.92 bits per heavy atom. The molecule has 1 aliphatic heterocycles. The van der Waals surface area contributed by atoms with Gasteiger partial charge in [-0.05, 0) is 43.7 Å². The molecule has 0 spiro atoms. The molecule has 2 aromatic rings. The number of ether oxygens (including phenoxy) is 4. The normalized spacial score (nSPS) is 12.4. The zero-order valence-electron chi connectivity index (χ0n) is 13.9. The van der Waals surface area contributed by atoms with E-state index in [4.69, 9.17) is 18.9 Å². The monoisotopic (exact) mass is 393 g/mol. The minimum atomic E-state index is 0.0865. The van der Waals surface area contributed by atoms with Crippen LogP contribution in [0.25, 0.3) is 0 Å². The lowest BCUT2D eigenvalue weighted by Gasteiger charge is -2.16. The molecule has 0 atom stereocenters. The quantitative estimate of drug-likeness (QED) is 0.777. The van der Waals surface area contributed by atoms with Gasteiger partial charge in [-0.3, -0.25) is 0 Å². The van der Waals surface area contributed by atoms with Gasteiger partial charge in [-0.2, -0.15) is 0 Å². The summed E-state index contributed by atoms with van der Waals surface area (Å²) in [5.74, 6) is 2.98.